The van der Waals surface area contributed by atoms with Crippen molar-refractivity contribution in [2.24, 2.45) is 5.41 Å². The van der Waals surface area contributed by atoms with Crippen molar-refractivity contribution >= 4 is 5.78 Å². The molecular weight excluding hydrogens is 348 g/mol. The van der Waals surface area contributed by atoms with Crippen molar-refractivity contribution in [1.82, 2.24) is 0 Å². The lowest BCUT2D eigenvalue weighted by atomic mass is 9.70. The number of ether oxygens (including phenoxy) is 2. The molecule has 0 bridgehead atoms. The minimum absolute atomic E-state index is 0.206. The number of ketones is 1. The summed E-state index contributed by atoms with van der Waals surface area (Å²) < 4.78 is 11.0. The van der Waals surface area contributed by atoms with Crippen LogP contribution in [0.15, 0.2) is 78.9 Å². The van der Waals surface area contributed by atoms with Crippen LogP contribution in [-0.2, 0) is 24.1 Å². The zero-order chi connectivity index (χ0) is 19.4. The Hall–Kier alpha value is -3.07. The predicted octanol–water partition coefficient (Wildman–Crippen LogP) is 5.02. The Morgan fingerprint density at radius 3 is 1.86 bits per heavy atom. The van der Waals surface area contributed by atoms with Gasteiger partial charge in [-0.1, -0.05) is 66.7 Å². The molecule has 0 fully saturated rings. The summed E-state index contributed by atoms with van der Waals surface area (Å²) in [7, 11) is 0. The summed E-state index contributed by atoms with van der Waals surface area (Å²) in [6.45, 7) is 1.98. The second-order valence-corrected chi connectivity index (χ2v) is 7.53. The van der Waals surface area contributed by atoms with Crippen molar-refractivity contribution in [1.29, 1.82) is 0 Å². The Labute approximate surface area is 165 Å². The summed E-state index contributed by atoms with van der Waals surface area (Å²) in [5.41, 5.74) is 2.92. The normalized spacial score (nSPS) is 12.8. The van der Waals surface area contributed by atoms with E-state index in [1.54, 1.807) is 6.92 Å². The molecule has 0 amide bonds. The van der Waals surface area contributed by atoms with E-state index in [9.17, 15) is 4.79 Å². The summed E-state index contributed by atoms with van der Waals surface area (Å²) in [6.07, 6.45) is 2.06. The van der Waals surface area contributed by atoms with Gasteiger partial charge in [0, 0.05) is 5.41 Å². The largest absolute Gasteiger partial charge is 0.454 e. The monoisotopic (exact) mass is 372 g/mol. The molecule has 3 aromatic carbocycles. The number of rotatable bonds is 7. The van der Waals surface area contributed by atoms with Crippen molar-refractivity contribution in [3.05, 3.63) is 95.6 Å². The zero-order valence-corrected chi connectivity index (χ0v) is 16.1. The van der Waals surface area contributed by atoms with E-state index in [0.717, 1.165) is 17.1 Å². The van der Waals surface area contributed by atoms with E-state index in [0.29, 0.717) is 19.3 Å². The molecule has 0 saturated heterocycles. The molecule has 1 aliphatic rings. The summed E-state index contributed by atoms with van der Waals surface area (Å²) in [4.78, 5) is 13.1. The molecule has 3 aromatic rings. The number of benzene rings is 3. The number of carbonyl (C=O) groups excluding carboxylic acids is 1. The Morgan fingerprint density at radius 2 is 1.29 bits per heavy atom. The van der Waals surface area contributed by atoms with Crippen LogP contribution in [0.4, 0.5) is 0 Å². The Kier molecular flexibility index (Phi) is 5.16. The van der Waals surface area contributed by atoms with E-state index < -0.39 is 5.41 Å². The number of fused-ring (bicyclic) bond motifs is 1. The maximum atomic E-state index is 13.1. The first kappa shape index (κ1) is 18.3. The molecule has 3 heteroatoms. The highest BCUT2D eigenvalue weighted by Gasteiger charge is 2.36. The molecule has 3 nitrogen and oxygen atoms in total. The van der Waals surface area contributed by atoms with Crippen LogP contribution in [0.25, 0.3) is 0 Å². The first-order valence-corrected chi connectivity index (χ1v) is 9.62. The van der Waals surface area contributed by atoms with Gasteiger partial charge in [0.05, 0.1) is 0 Å². The highest BCUT2D eigenvalue weighted by molar-refractivity contribution is 5.83. The average molecular weight is 372 g/mol. The molecule has 0 atom stereocenters. The van der Waals surface area contributed by atoms with Crippen LogP contribution in [0.3, 0.4) is 0 Å². The van der Waals surface area contributed by atoms with Gasteiger partial charge >= 0.3 is 0 Å². The van der Waals surface area contributed by atoms with Crippen LogP contribution in [0, 0.1) is 5.41 Å². The molecule has 142 valence electrons. The zero-order valence-electron chi connectivity index (χ0n) is 16.1. The topological polar surface area (TPSA) is 35.5 Å². The molecule has 0 aliphatic carbocycles. The van der Waals surface area contributed by atoms with Crippen molar-refractivity contribution in [2.45, 2.75) is 26.2 Å². The van der Waals surface area contributed by atoms with E-state index in [-0.39, 0.29) is 12.6 Å². The third kappa shape index (κ3) is 3.94. The lowest BCUT2D eigenvalue weighted by molar-refractivity contribution is -0.126. The first-order chi connectivity index (χ1) is 13.6. The van der Waals surface area contributed by atoms with Crippen LogP contribution in [0.1, 0.15) is 23.6 Å². The number of hydrogen-bond donors (Lipinski definition) is 0. The molecule has 0 aromatic heterocycles. The smallest absolute Gasteiger partial charge is 0.231 e. The summed E-state index contributed by atoms with van der Waals surface area (Å²) >= 11 is 0. The number of hydrogen-bond acceptors (Lipinski definition) is 3. The fourth-order valence-corrected chi connectivity index (χ4v) is 3.98. The molecule has 0 N–H and O–H groups in total. The van der Waals surface area contributed by atoms with Gasteiger partial charge in [-0.3, -0.25) is 4.79 Å². The molecular formula is C25H24O3. The molecule has 4 rings (SSSR count). The van der Waals surface area contributed by atoms with E-state index in [2.05, 4.69) is 24.3 Å². The Morgan fingerprint density at radius 1 is 0.750 bits per heavy atom. The van der Waals surface area contributed by atoms with E-state index in [4.69, 9.17) is 9.47 Å². The highest BCUT2D eigenvalue weighted by Crippen LogP contribution is 2.37. The van der Waals surface area contributed by atoms with Crippen LogP contribution < -0.4 is 9.47 Å². The van der Waals surface area contributed by atoms with Crippen molar-refractivity contribution in [2.75, 3.05) is 6.79 Å². The van der Waals surface area contributed by atoms with Crippen LogP contribution in [0.2, 0.25) is 0 Å². The first-order valence-electron chi connectivity index (χ1n) is 9.62. The van der Waals surface area contributed by atoms with Crippen molar-refractivity contribution in [3.63, 3.8) is 0 Å². The van der Waals surface area contributed by atoms with Gasteiger partial charge in [0.15, 0.2) is 11.5 Å². The molecule has 1 heterocycles. The molecule has 0 spiro atoms. The lowest BCUT2D eigenvalue weighted by Gasteiger charge is -2.32. The maximum Gasteiger partial charge on any atom is 0.231 e. The molecule has 28 heavy (non-hydrogen) atoms. The second kappa shape index (κ2) is 7.89. The summed E-state index contributed by atoms with van der Waals surface area (Å²) in [5, 5.41) is 0. The Bertz CT molecular complexity index is 907. The standard InChI is InChI=1S/C25H24O3/c1-19(26)25(15-20-8-4-2-5-9-20,16-21-10-6-3-7-11-21)17-22-12-13-23-24(14-22)28-18-27-23/h2-14H,15-18H2,1H3. The SMILES string of the molecule is CC(=O)C(Cc1ccccc1)(Cc1ccccc1)Cc1ccc2c(c1)OCO2. The second-order valence-electron chi connectivity index (χ2n) is 7.53. The van der Waals surface area contributed by atoms with E-state index in [1.165, 1.54) is 11.1 Å². The third-order valence-corrected chi connectivity index (χ3v) is 5.50. The number of Topliss-reactive ketones (excluding diaryl/α,β-unsaturated/α-hetero) is 1. The lowest BCUT2D eigenvalue weighted by Crippen LogP contribution is -2.36. The fraction of sp³-hybridized carbons (Fsp3) is 0.240. The van der Waals surface area contributed by atoms with Gasteiger partial charge in [-0.2, -0.15) is 0 Å². The molecule has 0 unspecified atom stereocenters. The van der Waals surface area contributed by atoms with Gasteiger partial charge in [0.2, 0.25) is 6.79 Å². The van der Waals surface area contributed by atoms with Crippen molar-refractivity contribution in [3.8, 4) is 11.5 Å². The van der Waals surface area contributed by atoms with Gasteiger partial charge in [-0.05, 0) is 55.0 Å². The van der Waals surface area contributed by atoms with Gasteiger partial charge < -0.3 is 9.47 Å². The quantitative estimate of drug-likeness (QED) is 0.584. The summed E-state index contributed by atoms with van der Waals surface area (Å²) in [6, 6.07) is 26.5. The molecule has 1 aliphatic heterocycles. The van der Waals surface area contributed by atoms with Crippen LogP contribution >= 0.6 is 0 Å². The fourth-order valence-electron chi connectivity index (χ4n) is 3.98. The highest BCUT2D eigenvalue weighted by atomic mass is 16.7. The van der Waals surface area contributed by atoms with Crippen LogP contribution in [-0.4, -0.2) is 12.6 Å². The number of carbonyl (C=O) groups is 1. The minimum Gasteiger partial charge on any atom is -0.454 e. The van der Waals surface area contributed by atoms with Gasteiger partial charge in [-0.15, -0.1) is 0 Å². The van der Waals surface area contributed by atoms with E-state index in [1.807, 2.05) is 54.6 Å². The summed E-state index contributed by atoms with van der Waals surface area (Å²) in [5.74, 6) is 1.73. The van der Waals surface area contributed by atoms with E-state index >= 15 is 0 Å². The average Bonchev–Trinajstić information content (AvgIpc) is 3.17. The molecule has 0 radical (unpaired) electrons. The minimum atomic E-state index is -0.517. The van der Waals surface area contributed by atoms with Crippen molar-refractivity contribution < 1.29 is 14.3 Å². The van der Waals surface area contributed by atoms with Gasteiger partial charge in [-0.25, -0.2) is 0 Å². The van der Waals surface area contributed by atoms with Crippen LogP contribution in [0.5, 0.6) is 11.5 Å². The van der Waals surface area contributed by atoms with Gasteiger partial charge in [0.25, 0.3) is 0 Å². The van der Waals surface area contributed by atoms with Gasteiger partial charge in [0.1, 0.15) is 5.78 Å². The maximum absolute atomic E-state index is 13.1. The third-order valence-electron chi connectivity index (χ3n) is 5.50. The molecule has 0 saturated carbocycles. The Balaban J connectivity index is 1.71. The predicted molar refractivity (Wildman–Crippen MR) is 110 cm³/mol.